The van der Waals surface area contributed by atoms with Crippen molar-refractivity contribution in [2.45, 2.75) is 6.42 Å². The first-order chi connectivity index (χ1) is 9.35. The van der Waals surface area contributed by atoms with Crippen LogP contribution in [0.1, 0.15) is 5.82 Å². The van der Waals surface area contributed by atoms with E-state index in [0.29, 0.717) is 6.61 Å². The van der Waals surface area contributed by atoms with Crippen LogP contribution in [0.4, 0.5) is 10.8 Å². The minimum Gasteiger partial charge on any atom is -0.384 e. The standard InChI is InChI=1S/C12H13N5OS/c1-18-5-4-11-15-12(19-17-11)14-9-2-3-10-8(6-9)7-13-16-10/h2-3,6-7H,4-5H2,1H3,(H,13,16)(H,14,15,17). The van der Waals surface area contributed by atoms with Gasteiger partial charge in [0, 0.05) is 36.1 Å². The van der Waals surface area contributed by atoms with Crippen LogP contribution in [0.15, 0.2) is 24.4 Å². The van der Waals surface area contributed by atoms with Gasteiger partial charge in [-0.25, -0.2) is 4.98 Å². The Hall–Kier alpha value is -1.99. The maximum absolute atomic E-state index is 5.01. The summed E-state index contributed by atoms with van der Waals surface area (Å²) < 4.78 is 9.28. The predicted octanol–water partition coefficient (Wildman–Crippen LogP) is 2.35. The third-order valence-electron chi connectivity index (χ3n) is 2.69. The molecule has 98 valence electrons. The van der Waals surface area contributed by atoms with Gasteiger partial charge in [0.2, 0.25) is 5.13 Å². The summed E-state index contributed by atoms with van der Waals surface area (Å²) in [5, 5.41) is 12.0. The molecule has 0 aliphatic rings. The van der Waals surface area contributed by atoms with E-state index < -0.39 is 0 Å². The van der Waals surface area contributed by atoms with Crippen molar-refractivity contribution in [3.05, 3.63) is 30.2 Å². The molecule has 2 aromatic heterocycles. The Kier molecular flexibility index (Phi) is 3.39. The van der Waals surface area contributed by atoms with Gasteiger partial charge in [0.15, 0.2) is 0 Å². The molecular formula is C12H13N5OS. The van der Waals surface area contributed by atoms with E-state index in [0.717, 1.165) is 34.0 Å². The van der Waals surface area contributed by atoms with Gasteiger partial charge in [-0.1, -0.05) is 0 Å². The van der Waals surface area contributed by atoms with E-state index in [1.54, 1.807) is 13.3 Å². The van der Waals surface area contributed by atoms with Crippen molar-refractivity contribution in [1.29, 1.82) is 0 Å². The highest BCUT2D eigenvalue weighted by atomic mass is 32.1. The number of benzene rings is 1. The second-order valence-corrected chi connectivity index (χ2v) is 4.81. The number of hydrogen-bond donors (Lipinski definition) is 2. The van der Waals surface area contributed by atoms with Crippen molar-refractivity contribution in [3.8, 4) is 0 Å². The second kappa shape index (κ2) is 5.33. The summed E-state index contributed by atoms with van der Waals surface area (Å²) in [5.74, 6) is 0.804. The first kappa shape index (κ1) is 12.1. The van der Waals surface area contributed by atoms with Gasteiger partial charge in [-0.05, 0) is 18.2 Å². The Morgan fingerprint density at radius 2 is 2.37 bits per heavy atom. The first-order valence-corrected chi connectivity index (χ1v) is 6.64. The van der Waals surface area contributed by atoms with Crippen LogP contribution in [0.25, 0.3) is 10.9 Å². The van der Waals surface area contributed by atoms with E-state index in [4.69, 9.17) is 4.74 Å². The summed E-state index contributed by atoms with van der Waals surface area (Å²) in [4.78, 5) is 4.40. The zero-order chi connectivity index (χ0) is 13.1. The molecule has 1 aromatic carbocycles. The van der Waals surface area contributed by atoms with E-state index in [-0.39, 0.29) is 0 Å². The molecule has 6 nitrogen and oxygen atoms in total. The minimum absolute atomic E-state index is 0.636. The minimum atomic E-state index is 0.636. The molecule has 0 bridgehead atoms. The zero-order valence-electron chi connectivity index (χ0n) is 10.4. The molecule has 0 amide bonds. The summed E-state index contributed by atoms with van der Waals surface area (Å²) in [6, 6.07) is 5.99. The smallest absolute Gasteiger partial charge is 0.207 e. The summed E-state index contributed by atoms with van der Waals surface area (Å²) >= 11 is 1.35. The zero-order valence-corrected chi connectivity index (χ0v) is 11.2. The van der Waals surface area contributed by atoms with Crippen molar-refractivity contribution in [2.24, 2.45) is 0 Å². The molecule has 0 saturated heterocycles. The molecule has 0 spiro atoms. The molecule has 19 heavy (non-hydrogen) atoms. The number of fused-ring (bicyclic) bond motifs is 1. The van der Waals surface area contributed by atoms with Gasteiger partial charge in [-0.3, -0.25) is 5.10 Å². The Labute approximate surface area is 114 Å². The molecule has 3 rings (SSSR count). The number of methoxy groups -OCH3 is 1. The molecule has 0 aliphatic heterocycles. The lowest BCUT2D eigenvalue weighted by atomic mass is 10.2. The summed E-state index contributed by atoms with van der Waals surface area (Å²) in [5.41, 5.74) is 1.99. The number of nitrogens with zero attached hydrogens (tertiary/aromatic N) is 3. The lowest BCUT2D eigenvalue weighted by Gasteiger charge is -2.01. The van der Waals surface area contributed by atoms with Crippen LogP contribution >= 0.6 is 11.5 Å². The van der Waals surface area contributed by atoms with Crippen molar-refractivity contribution in [1.82, 2.24) is 19.6 Å². The Balaban J connectivity index is 1.74. The maximum Gasteiger partial charge on any atom is 0.207 e. The molecule has 3 aromatic rings. The van der Waals surface area contributed by atoms with Gasteiger partial charge in [0.05, 0.1) is 18.3 Å². The van der Waals surface area contributed by atoms with Crippen LogP contribution in [-0.4, -0.2) is 33.3 Å². The normalized spacial score (nSPS) is 11.0. The molecule has 0 radical (unpaired) electrons. The van der Waals surface area contributed by atoms with Crippen LogP contribution in [-0.2, 0) is 11.2 Å². The number of hydrogen-bond acceptors (Lipinski definition) is 6. The quantitative estimate of drug-likeness (QED) is 0.747. The molecule has 7 heteroatoms. The molecular weight excluding hydrogens is 262 g/mol. The van der Waals surface area contributed by atoms with Crippen LogP contribution in [0.5, 0.6) is 0 Å². The topological polar surface area (TPSA) is 75.7 Å². The number of nitrogens with one attached hydrogen (secondary N) is 2. The van der Waals surface area contributed by atoms with Crippen LogP contribution in [0.3, 0.4) is 0 Å². The molecule has 0 atom stereocenters. The Bertz CT molecular complexity index is 677. The van der Waals surface area contributed by atoms with Gasteiger partial charge in [-0.15, -0.1) is 0 Å². The molecule has 2 heterocycles. The van der Waals surface area contributed by atoms with Gasteiger partial charge < -0.3 is 10.1 Å². The Morgan fingerprint density at radius 1 is 1.42 bits per heavy atom. The third-order valence-corrected chi connectivity index (χ3v) is 3.36. The number of aromatic amines is 1. The summed E-state index contributed by atoms with van der Waals surface area (Å²) in [6.07, 6.45) is 2.53. The highest BCUT2D eigenvalue weighted by Crippen LogP contribution is 2.22. The predicted molar refractivity (Wildman–Crippen MR) is 74.9 cm³/mol. The van der Waals surface area contributed by atoms with Crippen LogP contribution in [0.2, 0.25) is 0 Å². The average Bonchev–Trinajstić information content (AvgIpc) is 3.05. The fraction of sp³-hybridized carbons (Fsp3) is 0.250. The SMILES string of the molecule is COCCc1nsc(Nc2ccc3[nH]ncc3c2)n1. The highest BCUT2D eigenvalue weighted by molar-refractivity contribution is 7.09. The molecule has 0 fully saturated rings. The summed E-state index contributed by atoms with van der Waals surface area (Å²) in [6.45, 7) is 0.636. The van der Waals surface area contributed by atoms with E-state index in [9.17, 15) is 0 Å². The second-order valence-electron chi connectivity index (χ2n) is 4.06. The fourth-order valence-corrected chi connectivity index (χ4v) is 2.38. The van der Waals surface area contributed by atoms with Gasteiger partial charge in [0.1, 0.15) is 5.82 Å². The lowest BCUT2D eigenvalue weighted by molar-refractivity contribution is 0.201. The highest BCUT2D eigenvalue weighted by Gasteiger charge is 2.05. The van der Waals surface area contributed by atoms with E-state index in [1.807, 2.05) is 18.2 Å². The maximum atomic E-state index is 5.01. The first-order valence-electron chi connectivity index (χ1n) is 5.87. The van der Waals surface area contributed by atoms with Gasteiger partial charge in [-0.2, -0.15) is 9.47 Å². The average molecular weight is 275 g/mol. The van der Waals surface area contributed by atoms with Crippen molar-refractivity contribution >= 4 is 33.3 Å². The van der Waals surface area contributed by atoms with Gasteiger partial charge in [0.25, 0.3) is 0 Å². The summed E-state index contributed by atoms with van der Waals surface area (Å²) in [7, 11) is 1.67. The monoisotopic (exact) mass is 275 g/mol. The molecule has 0 unspecified atom stereocenters. The van der Waals surface area contributed by atoms with E-state index >= 15 is 0 Å². The fourth-order valence-electron chi connectivity index (χ4n) is 1.74. The largest absolute Gasteiger partial charge is 0.384 e. The van der Waals surface area contributed by atoms with Crippen molar-refractivity contribution in [2.75, 3.05) is 19.0 Å². The van der Waals surface area contributed by atoms with Crippen molar-refractivity contribution in [3.63, 3.8) is 0 Å². The van der Waals surface area contributed by atoms with Crippen molar-refractivity contribution < 1.29 is 4.74 Å². The number of ether oxygens (including phenoxy) is 1. The number of rotatable bonds is 5. The van der Waals surface area contributed by atoms with Crippen LogP contribution < -0.4 is 5.32 Å². The number of aromatic nitrogens is 4. The molecule has 2 N–H and O–H groups in total. The number of anilines is 2. The van der Waals surface area contributed by atoms with E-state index in [1.165, 1.54) is 11.5 Å². The lowest BCUT2D eigenvalue weighted by Crippen LogP contribution is -1.96. The molecule has 0 saturated carbocycles. The molecule has 0 aliphatic carbocycles. The van der Waals surface area contributed by atoms with E-state index in [2.05, 4.69) is 24.9 Å². The number of H-pyrrole nitrogens is 1. The van der Waals surface area contributed by atoms with Gasteiger partial charge >= 0.3 is 0 Å². The van der Waals surface area contributed by atoms with Crippen LogP contribution in [0, 0.1) is 0 Å². The third kappa shape index (κ3) is 2.72. The Morgan fingerprint density at radius 3 is 3.26 bits per heavy atom.